The van der Waals surface area contributed by atoms with E-state index in [9.17, 15) is 5.11 Å². The number of rotatable bonds is 7. The summed E-state index contributed by atoms with van der Waals surface area (Å²) in [7, 11) is 4.26. The van der Waals surface area contributed by atoms with Gasteiger partial charge in [0.05, 0.1) is 12.0 Å². The molecule has 0 atom stereocenters. The average molecular weight is 440 g/mol. The molecule has 0 aliphatic carbocycles. The molecule has 6 heteroatoms. The van der Waals surface area contributed by atoms with Gasteiger partial charge in [0.2, 0.25) is 0 Å². The average Bonchev–Trinajstić information content (AvgIpc) is 3.24. The molecular weight excluding hydrogens is 416 g/mol. The Labute approximate surface area is 178 Å². The summed E-state index contributed by atoms with van der Waals surface area (Å²) in [5.41, 5.74) is 3.88. The van der Waals surface area contributed by atoms with Gasteiger partial charge in [0.15, 0.2) is 0 Å². The van der Waals surface area contributed by atoms with Gasteiger partial charge in [-0.25, -0.2) is 4.98 Å². The Hall–Kier alpha value is -2.36. The summed E-state index contributed by atoms with van der Waals surface area (Å²) < 4.78 is 2.04. The summed E-state index contributed by atoms with van der Waals surface area (Å²) in [5.74, 6) is 0.245. The van der Waals surface area contributed by atoms with Gasteiger partial charge in [0.25, 0.3) is 0 Å². The number of nitrogens with zero attached hydrogens (tertiary/aromatic N) is 3. The zero-order chi connectivity index (χ0) is 20.2. The summed E-state index contributed by atoms with van der Waals surface area (Å²) in [6.45, 7) is 3.63. The van der Waals surface area contributed by atoms with Crippen molar-refractivity contribution in [3.8, 4) is 5.75 Å². The van der Waals surface area contributed by atoms with Crippen LogP contribution in [0.15, 0.2) is 78.3 Å². The number of aromatic nitrogens is 2. The van der Waals surface area contributed by atoms with Crippen molar-refractivity contribution in [3.05, 3.63) is 90.0 Å². The summed E-state index contributed by atoms with van der Waals surface area (Å²) in [5, 5.41) is 10.2. The van der Waals surface area contributed by atoms with Gasteiger partial charge in [0, 0.05) is 31.0 Å². The van der Waals surface area contributed by atoms with E-state index in [-0.39, 0.29) is 5.75 Å². The molecule has 0 amide bonds. The van der Waals surface area contributed by atoms with Crippen molar-refractivity contribution < 1.29 is 19.7 Å². The minimum absolute atomic E-state index is 0.245. The Bertz CT molecular complexity index is 890. The van der Waals surface area contributed by atoms with Crippen molar-refractivity contribution in [3.63, 3.8) is 0 Å². The van der Waals surface area contributed by atoms with Gasteiger partial charge >= 0.3 is 24.8 Å². The molecule has 149 valence electrons. The Morgan fingerprint density at radius 3 is 2.61 bits per heavy atom. The second-order valence-electron chi connectivity index (χ2n) is 6.18. The molecule has 0 saturated carbocycles. The first-order valence-corrected chi connectivity index (χ1v) is 10.2. The zero-order valence-electron chi connectivity index (χ0n) is 15.6. The van der Waals surface area contributed by atoms with Crippen molar-refractivity contribution in [1.29, 1.82) is 0 Å². The quantitative estimate of drug-likeness (QED) is 0.313. The van der Waals surface area contributed by atoms with Crippen molar-refractivity contribution in [2.45, 2.75) is 19.9 Å². The molecule has 0 aliphatic rings. The van der Waals surface area contributed by atoms with E-state index in [4.69, 9.17) is 4.99 Å². The molecule has 1 N–H and O–H groups in total. The summed E-state index contributed by atoms with van der Waals surface area (Å²) in [4.78, 5) is 8.77. The van der Waals surface area contributed by atoms with Crippen molar-refractivity contribution in [2.24, 2.45) is 4.99 Å². The fraction of sp³-hybridized carbons (Fsp3) is 0.182. The number of phenols is 1. The SMILES string of the molecule is Cc1ccc(/C=C/C(=NCCCn2ccnc2)c2ccccc2O)cc1.[Cl][Ni]. The molecular formula is C22H23ClN3NiO. The van der Waals surface area contributed by atoms with Crippen LogP contribution < -0.4 is 0 Å². The number of para-hydroxylation sites is 1. The van der Waals surface area contributed by atoms with Crippen LogP contribution in [0.1, 0.15) is 23.1 Å². The number of phenolic OH excluding ortho intramolecular Hbond substituents is 1. The van der Waals surface area contributed by atoms with E-state index in [1.165, 1.54) is 5.56 Å². The second-order valence-corrected chi connectivity index (χ2v) is 6.18. The summed E-state index contributed by atoms with van der Waals surface area (Å²) >= 11 is 3.35. The van der Waals surface area contributed by atoms with Crippen LogP contribution in [0.25, 0.3) is 6.08 Å². The third kappa shape index (κ3) is 6.99. The predicted octanol–water partition coefficient (Wildman–Crippen LogP) is 5.18. The van der Waals surface area contributed by atoms with Crippen LogP contribution in [0.2, 0.25) is 0 Å². The van der Waals surface area contributed by atoms with Crippen LogP contribution in [0.4, 0.5) is 0 Å². The Morgan fingerprint density at radius 1 is 1.18 bits per heavy atom. The molecule has 0 spiro atoms. The van der Waals surface area contributed by atoms with Gasteiger partial charge in [-0.15, -0.1) is 0 Å². The monoisotopic (exact) mass is 438 g/mol. The van der Waals surface area contributed by atoms with E-state index in [1.54, 1.807) is 12.3 Å². The van der Waals surface area contributed by atoms with E-state index in [0.29, 0.717) is 6.54 Å². The molecule has 0 aliphatic heterocycles. The first kappa shape index (κ1) is 21.9. The third-order valence-corrected chi connectivity index (χ3v) is 4.11. The Kier molecular flexibility index (Phi) is 9.54. The Morgan fingerprint density at radius 2 is 1.93 bits per heavy atom. The van der Waals surface area contributed by atoms with Crippen LogP contribution in [0, 0.1) is 6.92 Å². The molecule has 2 aromatic carbocycles. The number of aromatic hydroxyl groups is 1. The number of aryl methyl sites for hydroxylation is 2. The molecule has 0 unspecified atom stereocenters. The molecule has 0 saturated heterocycles. The van der Waals surface area contributed by atoms with E-state index in [1.807, 2.05) is 47.4 Å². The first-order chi connectivity index (χ1) is 13.7. The first-order valence-electron chi connectivity index (χ1n) is 8.87. The fourth-order valence-corrected chi connectivity index (χ4v) is 2.64. The van der Waals surface area contributed by atoms with E-state index < -0.39 is 0 Å². The summed E-state index contributed by atoms with van der Waals surface area (Å²) in [6.07, 6.45) is 10.4. The molecule has 28 heavy (non-hydrogen) atoms. The molecule has 3 rings (SSSR count). The number of aliphatic imine (C=N–C) groups is 1. The minimum atomic E-state index is 0.245. The van der Waals surface area contributed by atoms with Crippen LogP contribution in [0.5, 0.6) is 5.75 Å². The molecule has 1 aromatic heterocycles. The predicted molar refractivity (Wildman–Crippen MR) is 112 cm³/mol. The van der Waals surface area contributed by atoms with E-state index in [2.05, 4.69) is 60.9 Å². The number of benzene rings is 2. The van der Waals surface area contributed by atoms with Gasteiger partial charge in [-0.05, 0) is 37.1 Å². The molecule has 4 nitrogen and oxygen atoms in total. The van der Waals surface area contributed by atoms with Crippen LogP contribution >= 0.6 is 10.2 Å². The van der Waals surface area contributed by atoms with Gasteiger partial charge in [0.1, 0.15) is 5.75 Å². The van der Waals surface area contributed by atoms with Gasteiger partial charge in [-0.1, -0.05) is 48.0 Å². The number of imidazole rings is 1. The molecule has 3 aromatic rings. The van der Waals surface area contributed by atoms with Gasteiger partial charge in [-0.3, -0.25) is 4.99 Å². The molecule has 1 heterocycles. The van der Waals surface area contributed by atoms with E-state index >= 15 is 0 Å². The van der Waals surface area contributed by atoms with Crippen LogP contribution in [0.3, 0.4) is 0 Å². The summed E-state index contributed by atoms with van der Waals surface area (Å²) in [6, 6.07) is 15.6. The van der Waals surface area contributed by atoms with Crippen molar-refractivity contribution in [1.82, 2.24) is 9.55 Å². The number of hydrogen-bond donors (Lipinski definition) is 1. The van der Waals surface area contributed by atoms with Crippen LogP contribution in [-0.4, -0.2) is 26.9 Å². The fourth-order valence-electron chi connectivity index (χ4n) is 2.64. The number of hydrogen-bond acceptors (Lipinski definition) is 3. The third-order valence-electron chi connectivity index (χ3n) is 4.11. The number of allylic oxidation sites excluding steroid dienone is 1. The number of halogens is 1. The maximum atomic E-state index is 10.2. The standard InChI is InChI=1S/C22H23N3O.ClH.Ni/c1-18-7-9-19(10-8-18)11-12-21(20-5-2-3-6-22(20)26)24-13-4-15-25-16-14-23-17-25;;/h2-3,5-12,14,16-17,26H,4,13,15H2,1H3;1H;/q;;+1/p-1/b12-11+,24-21?;;. The zero-order valence-corrected chi connectivity index (χ0v) is 17.4. The van der Waals surface area contributed by atoms with Crippen LogP contribution in [-0.2, 0) is 21.1 Å². The van der Waals surface area contributed by atoms with E-state index in [0.717, 1.165) is 29.8 Å². The molecule has 0 fully saturated rings. The van der Waals surface area contributed by atoms with Gasteiger partial charge < -0.3 is 9.67 Å². The second kappa shape index (κ2) is 12.2. The molecule has 0 radical (unpaired) electrons. The molecule has 0 bridgehead atoms. The van der Waals surface area contributed by atoms with Crippen molar-refractivity contribution in [2.75, 3.05) is 6.54 Å². The van der Waals surface area contributed by atoms with Crippen molar-refractivity contribution >= 4 is 22.0 Å². The Balaban J connectivity index is 0.00000136. The normalized spacial score (nSPS) is 11.4. The topological polar surface area (TPSA) is 50.4 Å². The van der Waals surface area contributed by atoms with Gasteiger partial charge in [-0.2, -0.15) is 0 Å². The maximum absolute atomic E-state index is 10.2.